The summed E-state index contributed by atoms with van der Waals surface area (Å²) in [5.74, 6) is 0.457. The van der Waals surface area contributed by atoms with Gasteiger partial charge in [0.2, 0.25) is 5.96 Å². The van der Waals surface area contributed by atoms with Crippen LogP contribution in [0.15, 0.2) is 9.98 Å². The van der Waals surface area contributed by atoms with E-state index < -0.39 is 0 Å². The van der Waals surface area contributed by atoms with E-state index in [2.05, 4.69) is 9.98 Å². The Morgan fingerprint density at radius 2 is 2.50 bits per heavy atom. The van der Waals surface area contributed by atoms with Crippen LogP contribution in [0.1, 0.15) is 6.42 Å². The van der Waals surface area contributed by atoms with Crippen molar-refractivity contribution < 1.29 is 0 Å². The normalized spacial score (nSPS) is 18.5. The summed E-state index contributed by atoms with van der Waals surface area (Å²) in [5.41, 5.74) is 5.24. The van der Waals surface area contributed by atoms with Gasteiger partial charge in [0.15, 0.2) is 0 Å². The number of nitrogens with one attached hydrogen (secondary N) is 1. The summed E-state index contributed by atoms with van der Waals surface area (Å²) < 4.78 is 0. The van der Waals surface area contributed by atoms with Crippen LogP contribution in [0.3, 0.4) is 0 Å². The molecular weight excluding hydrogens is 104 g/mol. The summed E-state index contributed by atoms with van der Waals surface area (Å²) in [4.78, 5) is 7.13. The number of guanidine groups is 1. The highest BCUT2D eigenvalue weighted by Gasteiger charge is 1.97. The van der Waals surface area contributed by atoms with Gasteiger partial charge < -0.3 is 5.73 Å². The summed E-state index contributed by atoms with van der Waals surface area (Å²) in [6.07, 6.45) is 2.15. The zero-order chi connectivity index (χ0) is 5.98. The van der Waals surface area contributed by atoms with Gasteiger partial charge in [0.25, 0.3) is 0 Å². The van der Waals surface area contributed by atoms with Crippen molar-refractivity contribution in [3.8, 4) is 0 Å². The summed E-state index contributed by atoms with van der Waals surface area (Å²) in [5, 5.41) is 6.85. The molecule has 0 amide bonds. The monoisotopic (exact) mass is 110 g/mol. The molecule has 0 spiro atoms. The van der Waals surface area contributed by atoms with E-state index in [0.717, 1.165) is 0 Å². The Morgan fingerprint density at radius 3 is 2.88 bits per heavy atom. The van der Waals surface area contributed by atoms with Crippen LogP contribution in [-0.2, 0) is 0 Å². The van der Waals surface area contributed by atoms with Crippen molar-refractivity contribution in [1.29, 1.82) is 5.41 Å². The quantitative estimate of drug-likeness (QED) is 0.443. The van der Waals surface area contributed by atoms with E-state index >= 15 is 0 Å². The molecule has 1 rings (SSSR count). The predicted molar refractivity (Wildman–Crippen MR) is 32.5 cm³/mol. The molecule has 1 heterocycles. The van der Waals surface area contributed by atoms with Crippen molar-refractivity contribution in [3.05, 3.63) is 0 Å². The van der Waals surface area contributed by atoms with Crippen LogP contribution in [-0.4, -0.2) is 18.0 Å². The molecule has 0 radical (unpaired) electrons. The second-order valence-corrected chi connectivity index (χ2v) is 1.44. The summed E-state index contributed by atoms with van der Waals surface area (Å²) in [6, 6.07) is 0. The smallest absolute Gasteiger partial charge is 0.243 e. The maximum absolute atomic E-state index is 6.85. The fourth-order valence-corrected chi connectivity index (χ4v) is 0.436. The van der Waals surface area contributed by atoms with E-state index in [1.165, 1.54) is 0 Å². The highest BCUT2D eigenvalue weighted by atomic mass is 15.1. The first kappa shape index (κ1) is 4.96. The third-order valence-corrected chi connectivity index (χ3v) is 0.764. The van der Waals surface area contributed by atoms with Gasteiger partial charge in [0.1, 0.15) is 5.84 Å². The molecule has 0 aliphatic carbocycles. The Bertz CT molecular complexity index is 167. The van der Waals surface area contributed by atoms with E-state index in [-0.39, 0.29) is 5.96 Å². The molecule has 0 saturated heterocycles. The van der Waals surface area contributed by atoms with Crippen molar-refractivity contribution in [1.82, 2.24) is 0 Å². The molecule has 1 aliphatic heterocycles. The third kappa shape index (κ3) is 0.900. The lowest BCUT2D eigenvalue weighted by Crippen LogP contribution is -2.17. The van der Waals surface area contributed by atoms with E-state index in [0.29, 0.717) is 12.3 Å². The fourth-order valence-electron chi connectivity index (χ4n) is 0.436. The molecule has 0 unspecified atom stereocenters. The summed E-state index contributed by atoms with van der Waals surface area (Å²) >= 11 is 0. The molecule has 0 aromatic heterocycles. The fraction of sp³-hybridized carbons (Fsp3) is 0.250. The molecule has 4 heteroatoms. The molecule has 1 aliphatic rings. The lowest BCUT2D eigenvalue weighted by molar-refractivity contribution is 1.31. The molecule has 0 bridgehead atoms. The van der Waals surface area contributed by atoms with E-state index in [1.807, 2.05) is 0 Å². The molecule has 3 N–H and O–H groups in total. The lowest BCUT2D eigenvalue weighted by atomic mass is 10.4. The molecule has 4 nitrogen and oxygen atoms in total. The number of rotatable bonds is 0. The molecule has 0 aromatic carbocycles. The summed E-state index contributed by atoms with van der Waals surface area (Å²) in [7, 11) is 0. The van der Waals surface area contributed by atoms with Crippen LogP contribution in [0, 0.1) is 5.41 Å². The summed E-state index contributed by atoms with van der Waals surface area (Å²) in [6.45, 7) is 0. The average Bonchev–Trinajstić information content (AvgIpc) is 1.64. The minimum absolute atomic E-state index is 0.00579. The standard InChI is InChI=1S/C4H6N4/c5-3-1-2-7-4(6)8-3/h2H,1H2,(H3,5,6,8). The van der Waals surface area contributed by atoms with Gasteiger partial charge >= 0.3 is 0 Å². The first-order chi connectivity index (χ1) is 3.79. The van der Waals surface area contributed by atoms with Gasteiger partial charge in [0.05, 0.1) is 0 Å². The van der Waals surface area contributed by atoms with Gasteiger partial charge in [-0.15, -0.1) is 0 Å². The number of nitrogens with zero attached hydrogens (tertiary/aromatic N) is 2. The average molecular weight is 110 g/mol. The molecule has 0 aromatic rings. The molecular formula is C4H6N4. The topological polar surface area (TPSA) is 74.6 Å². The minimum Gasteiger partial charge on any atom is -0.387 e. The van der Waals surface area contributed by atoms with Crippen molar-refractivity contribution >= 4 is 18.0 Å². The maximum Gasteiger partial charge on any atom is 0.243 e. The Balaban J connectivity index is 2.74. The van der Waals surface area contributed by atoms with Crippen LogP contribution in [0.4, 0.5) is 0 Å². The molecule has 0 atom stereocenters. The van der Waals surface area contributed by atoms with Crippen LogP contribution >= 0.6 is 0 Å². The zero-order valence-corrected chi connectivity index (χ0v) is 4.26. The van der Waals surface area contributed by atoms with Gasteiger partial charge in [-0.1, -0.05) is 0 Å². The first-order valence-corrected chi connectivity index (χ1v) is 2.23. The van der Waals surface area contributed by atoms with E-state index in [1.54, 1.807) is 6.21 Å². The Hall–Kier alpha value is -1.19. The number of hydrogen-bond donors (Lipinski definition) is 2. The Morgan fingerprint density at radius 1 is 1.75 bits per heavy atom. The van der Waals surface area contributed by atoms with Gasteiger partial charge in [-0.2, -0.15) is 4.99 Å². The van der Waals surface area contributed by atoms with E-state index in [9.17, 15) is 0 Å². The number of amidine groups is 1. The number of hydrogen-bond acceptors (Lipinski definition) is 2. The van der Waals surface area contributed by atoms with Crippen LogP contribution in [0.25, 0.3) is 0 Å². The number of nitrogens with two attached hydrogens (primary N) is 1. The Kier molecular flexibility index (Phi) is 1.07. The molecule has 0 fully saturated rings. The second kappa shape index (κ2) is 1.73. The molecule has 8 heavy (non-hydrogen) atoms. The Labute approximate surface area is 46.6 Å². The largest absolute Gasteiger partial charge is 0.387 e. The van der Waals surface area contributed by atoms with Crippen LogP contribution in [0.2, 0.25) is 0 Å². The highest BCUT2D eigenvalue weighted by Crippen LogP contribution is 1.88. The van der Waals surface area contributed by atoms with Crippen molar-refractivity contribution in [2.45, 2.75) is 6.42 Å². The highest BCUT2D eigenvalue weighted by molar-refractivity contribution is 6.06. The number of aliphatic imine (C=N–C) groups is 2. The zero-order valence-electron chi connectivity index (χ0n) is 4.26. The van der Waals surface area contributed by atoms with Crippen LogP contribution < -0.4 is 5.73 Å². The van der Waals surface area contributed by atoms with Gasteiger partial charge in [0, 0.05) is 12.6 Å². The van der Waals surface area contributed by atoms with Crippen molar-refractivity contribution in [3.63, 3.8) is 0 Å². The molecule has 0 saturated carbocycles. The molecule has 42 valence electrons. The van der Waals surface area contributed by atoms with E-state index in [4.69, 9.17) is 11.1 Å². The predicted octanol–water partition coefficient (Wildman–Crippen LogP) is -0.247. The van der Waals surface area contributed by atoms with Crippen molar-refractivity contribution in [2.24, 2.45) is 15.7 Å². The van der Waals surface area contributed by atoms with Gasteiger partial charge in [-0.3, -0.25) is 5.41 Å². The van der Waals surface area contributed by atoms with Gasteiger partial charge in [-0.05, 0) is 0 Å². The SMILES string of the molecule is N=C1N=CCC(N)=N1. The first-order valence-electron chi connectivity index (χ1n) is 2.23. The lowest BCUT2D eigenvalue weighted by Gasteiger charge is -1.98. The third-order valence-electron chi connectivity index (χ3n) is 0.764. The second-order valence-electron chi connectivity index (χ2n) is 1.44. The van der Waals surface area contributed by atoms with Gasteiger partial charge in [-0.25, -0.2) is 4.99 Å². The maximum atomic E-state index is 6.85. The van der Waals surface area contributed by atoms with Crippen molar-refractivity contribution in [2.75, 3.05) is 0 Å². The van der Waals surface area contributed by atoms with Crippen LogP contribution in [0.5, 0.6) is 0 Å². The minimum atomic E-state index is -0.00579.